The van der Waals surface area contributed by atoms with Gasteiger partial charge in [-0.2, -0.15) is 0 Å². The number of esters is 1. The lowest BCUT2D eigenvalue weighted by molar-refractivity contribution is -0.128. The second-order valence-electron chi connectivity index (χ2n) is 8.93. The predicted molar refractivity (Wildman–Crippen MR) is 137 cm³/mol. The third-order valence-corrected chi connectivity index (χ3v) is 5.88. The minimum absolute atomic E-state index is 0.279. The number of para-hydroxylation sites is 2. The Labute approximate surface area is 203 Å². The lowest BCUT2D eigenvalue weighted by Gasteiger charge is -2.16. The molecule has 6 nitrogen and oxygen atoms in total. The first kappa shape index (κ1) is 24.0. The summed E-state index contributed by atoms with van der Waals surface area (Å²) in [6.45, 7) is 11.2. The molecule has 0 amide bonds. The molecule has 0 saturated heterocycles. The Kier molecular flexibility index (Phi) is 6.31. The summed E-state index contributed by atoms with van der Waals surface area (Å²) < 4.78 is 11.2. The van der Waals surface area contributed by atoms with E-state index in [0.29, 0.717) is 16.8 Å². The zero-order valence-electron chi connectivity index (χ0n) is 20.6. The molecule has 0 aliphatic heterocycles. The lowest BCUT2D eigenvalue weighted by atomic mass is 9.95. The number of carbonyl (C=O) groups excluding carboxylic acids is 1. The average molecular weight is 470 g/mol. The van der Waals surface area contributed by atoms with E-state index in [9.17, 15) is 14.7 Å². The number of nitrogens with zero attached hydrogens (tertiary/aromatic N) is 1. The van der Waals surface area contributed by atoms with Crippen molar-refractivity contribution in [3.05, 3.63) is 104 Å². The standard InChI is InChI=1S/C29H27NO5/c1-15-11-17(3)23(18(4)12-15)26(31)24(25-29(33)34-22-10-8-7-9-21(22)30-25)28(32)35-27-19(5)13-16(2)14-20(27)6/h7-14,31H,1-6H3/b26-24+. The summed E-state index contributed by atoms with van der Waals surface area (Å²) in [6, 6.07) is 14.3. The van der Waals surface area contributed by atoms with Crippen LogP contribution in [0.15, 0.2) is 57.7 Å². The van der Waals surface area contributed by atoms with Gasteiger partial charge in [0.05, 0.1) is 0 Å². The van der Waals surface area contributed by atoms with Crippen molar-refractivity contribution in [2.45, 2.75) is 41.5 Å². The fraction of sp³-hybridized carbons (Fsp3) is 0.207. The molecule has 0 spiro atoms. The largest absolute Gasteiger partial charge is 0.506 e. The van der Waals surface area contributed by atoms with Gasteiger partial charge in [0, 0.05) is 5.56 Å². The molecule has 4 aromatic rings. The molecule has 0 bridgehead atoms. The Hall–Kier alpha value is -4.19. The number of rotatable bonds is 4. The monoisotopic (exact) mass is 469 g/mol. The fourth-order valence-electron chi connectivity index (χ4n) is 4.56. The molecular formula is C29H27NO5. The molecule has 178 valence electrons. The molecule has 1 N–H and O–H groups in total. The molecule has 0 aliphatic rings. The van der Waals surface area contributed by atoms with Gasteiger partial charge in [-0.05, 0) is 75.9 Å². The zero-order chi connectivity index (χ0) is 25.4. The van der Waals surface area contributed by atoms with Crippen molar-refractivity contribution in [1.29, 1.82) is 0 Å². The summed E-state index contributed by atoms with van der Waals surface area (Å²) in [5.41, 5.74) is 4.64. The highest BCUT2D eigenvalue weighted by Gasteiger charge is 2.29. The van der Waals surface area contributed by atoms with Crippen LogP contribution in [-0.4, -0.2) is 16.1 Å². The van der Waals surface area contributed by atoms with Crippen molar-refractivity contribution in [3.8, 4) is 5.75 Å². The normalized spacial score (nSPS) is 11.9. The predicted octanol–water partition coefficient (Wildman–Crippen LogP) is 6.07. The number of aromatic nitrogens is 1. The van der Waals surface area contributed by atoms with Crippen molar-refractivity contribution < 1.29 is 19.1 Å². The van der Waals surface area contributed by atoms with Crippen LogP contribution in [0.25, 0.3) is 22.4 Å². The van der Waals surface area contributed by atoms with Crippen molar-refractivity contribution in [2.24, 2.45) is 0 Å². The molecule has 0 fully saturated rings. The third kappa shape index (κ3) is 4.60. The summed E-state index contributed by atoms with van der Waals surface area (Å²) in [5, 5.41) is 11.5. The maximum Gasteiger partial charge on any atom is 0.363 e. The molecule has 0 unspecified atom stereocenters. The van der Waals surface area contributed by atoms with E-state index < -0.39 is 11.6 Å². The Morgan fingerprint density at radius 2 is 1.40 bits per heavy atom. The first-order valence-corrected chi connectivity index (χ1v) is 11.3. The van der Waals surface area contributed by atoms with E-state index in [1.165, 1.54) is 0 Å². The molecule has 1 aromatic heterocycles. The SMILES string of the molecule is Cc1cc(C)c(OC(=O)/C(=C(/O)c2c(C)cc(C)cc2C)c2nc3ccccc3oc2=O)c(C)c1. The number of aliphatic hydroxyl groups is 1. The van der Waals surface area contributed by atoms with E-state index >= 15 is 0 Å². The lowest BCUT2D eigenvalue weighted by Crippen LogP contribution is -2.21. The maximum absolute atomic E-state index is 13.6. The van der Waals surface area contributed by atoms with Gasteiger partial charge in [-0.3, -0.25) is 0 Å². The van der Waals surface area contributed by atoms with Gasteiger partial charge in [0.1, 0.15) is 22.6 Å². The Morgan fingerprint density at radius 3 is 2.00 bits per heavy atom. The average Bonchev–Trinajstić information content (AvgIpc) is 2.76. The number of hydrogen-bond acceptors (Lipinski definition) is 6. The van der Waals surface area contributed by atoms with E-state index in [2.05, 4.69) is 4.98 Å². The molecular weight excluding hydrogens is 442 g/mol. The van der Waals surface area contributed by atoms with Crippen LogP contribution in [0.1, 0.15) is 44.6 Å². The summed E-state index contributed by atoms with van der Waals surface area (Å²) in [6.07, 6.45) is 0. The van der Waals surface area contributed by atoms with Crippen LogP contribution in [-0.2, 0) is 4.79 Å². The fourth-order valence-corrected chi connectivity index (χ4v) is 4.56. The number of aryl methyl sites for hydroxylation is 6. The molecule has 4 rings (SSSR count). The van der Waals surface area contributed by atoms with Crippen LogP contribution in [0.3, 0.4) is 0 Å². The molecule has 6 heteroatoms. The van der Waals surface area contributed by atoms with Gasteiger partial charge in [-0.1, -0.05) is 47.5 Å². The number of ether oxygens (including phenoxy) is 1. The molecule has 0 aliphatic carbocycles. The van der Waals surface area contributed by atoms with E-state index in [4.69, 9.17) is 9.15 Å². The van der Waals surface area contributed by atoms with Gasteiger partial charge >= 0.3 is 11.6 Å². The molecule has 1 heterocycles. The summed E-state index contributed by atoms with van der Waals surface area (Å²) in [7, 11) is 0. The highest BCUT2D eigenvalue weighted by molar-refractivity contribution is 6.23. The van der Waals surface area contributed by atoms with Gasteiger partial charge in [0.25, 0.3) is 0 Å². The Balaban J connectivity index is 1.99. The number of carbonyl (C=O) groups is 1. The van der Waals surface area contributed by atoms with Crippen LogP contribution < -0.4 is 10.4 Å². The minimum Gasteiger partial charge on any atom is -0.506 e. The van der Waals surface area contributed by atoms with Gasteiger partial charge < -0.3 is 14.3 Å². The van der Waals surface area contributed by atoms with Crippen LogP contribution in [0.4, 0.5) is 0 Å². The minimum atomic E-state index is -0.896. The Morgan fingerprint density at radius 1 is 0.857 bits per heavy atom. The second kappa shape index (κ2) is 9.22. The molecule has 3 aromatic carbocycles. The number of aliphatic hydroxyl groups excluding tert-OH is 1. The molecule has 0 atom stereocenters. The van der Waals surface area contributed by atoms with Crippen LogP contribution >= 0.6 is 0 Å². The first-order valence-electron chi connectivity index (χ1n) is 11.3. The smallest absolute Gasteiger partial charge is 0.363 e. The number of hydrogen-bond donors (Lipinski definition) is 1. The summed E-state index contributed by atoms with van der Waals surface area (Å²) in [5.74, 6) is -0.914. The van der Waals surface area contributed by atoms with Crippen LogP contribution in [0.2, 0.25) is 0 Å². The van der Waals surface area contributed by atoms with Gasteiger partial charge in [-0.15, -0.1) is 0 Å². The summed E-state index contributed by atoms with van der Waals surface area (Å²) >= 11 is 0. The van der Waals surface area contributed by atoms with Gasteiger partial charge in [0.15, 0.2) is 11.3 Å². The first-order chi connectivity index (χ1) is 16.6. The molecule has 0 radical (unpaired) electrons. The maximum atomic E-state index is 13.6. The van der Waals surface area contributed by atoms with Gasteiger partial charge in [-0.25, -0.2) is 14.6 Å². The van der Waals surface area contributed by atoms with E-state index in [0.717, 1.165) is 33.4 Å². The zero-order valence-corrected chi connectivity index (χ0v) is 20.6. The Bertz CT molecular complexity index is 1530. The third-order valence-electron chi connectivity index (χ3n) is 5.88. The van der Waals surface area contributed by atoms with Crippen molar-refractivity contribution >= 4 is 28.4 Å². The molecule has 35 heavy (non-hydrogen) atoms. The summed E-state index contributed by atoms with van der Waals surface area (Å²) in [4.78, 5) is 31.0. The van der Waals surface area contributed by atoms with Crippen LogP contribution in [0.5, 0.6) is 5.75 Å². The quantitative estimate of drug-likeness (QED) is 0.169. The number of fused-ring (bicyclic) bond motifs is 1. The van der Waals surface area contributed by atoms with E-state index in [1.54, 1.807) is 24.3 Å². The van der Waals surface area contributed by atoms with Crippen molar-refractivity contribution in [1.82, 2.24) is 4.98 Å². The van der Waals surface area contributed by atoms with E-state index in [1.807, 2.05) is 65.8 Å². The number of benzene rings is 3. The van der Waals surface area contributed by atoms with Crippen molar-refractivity contribution in [2.75, 3.05) is 0 Å². The topological polar surface area (TPSA) is 89.6 Å². The highest BCUT2D eigenvalue weighted by atomic mass is 16.5. The highest BCUT2D eigenvalue weighted by Crippen LogP contribution is 2.32. The molecule has 0 saturated carbocycles. The van der Waals surface area contributed by atoms with Crippen LogP contribution in [0, 0.1) is 41.5 Å². The van der Waals surface area contributed by atoms with Crippen molar-refractivity contribution in [3.63, 3.8) is 0 Å². The second-order valence-corrected chi connectivity index (χ2v) is 8.93. The van der Waals surface area contributed by atoms with Gasteiger partial charge in [0.2, 0.25) is 0 Å². The van der Waals surface area contributed by atoms with E-state index in [-0.39, 0.29) is 22.6 Å².